The highest BCUT2D eigenvalue weighted by molar-refractivity contribution is 5.94. The van der Waals surface area contributed by atoms with Gasteiger partial charge in [0.15, 0.2) is 0 Å². The van der Waals surface area contributed by atoms with Crippen LogP contribution in [-0.2, 0) is 4.79 Å². The van der Waals surface area contributed by atoms with Crippen LogP contribution in [0.4, 0.5) is 0 Å². The number of nitrogens with zero attached hydrogens (tertiary/aromatic N) is 3. The Morgan fingerprint density at radius 1 is 1.29 bits per heavy atom. The molecule has 1 aliphatic rings. The number of amides is 2. The summed E-state index contributed by atoms with van der Waals surface area (Å²) in [5.41, 5.74) is 1.02. The maximum absolute atomic E-state index is 12.4. The topological polar surface area (TPSA) is 64.4 Å². The van der Waals surface area contributed by atoms with Gasteiger partial charge < -0.3 is 9.80 Å². The lowest BCUT2D eigenvalue weighted by atomic mass is 9.95. The van der Waals surface area contributed by atoms with Crippen LogP contribution < -0.4 is 0 Å². The second-order valence-corrected chi connectivity index (χ2v) is 5.49. The van der Waals surface area contributed by atoms with Crippen molar-refractivity contribution in [3.05, 3.63) is 35.4 Å². The number of likely N-dealkylation sites (tertiary alicyclic amines) is 1. The van der Waals surface area contributed by atoms with Crippen molar-refractivity contribution in [1.29, 1.82) is 5.26 Å². The van der Waals surface area contributed by atoms with Gasteiger partial charge in [0.2, 0.25) is 5.91 Å². The van der Waals surface area contributed by atoms with Gasteiger partial charge >= 0.3 is 0 Å². The second kappa shape index (κ2) is 6.40. The molecule has 0 atom stereocenters. The van der Waals surface area contributed by atoms with Gasteiger partial charge in [-0.05, 0) is 31.0 Å². The number of benzene rings is 1. The molecular formula is C16H19N3O2. The maximum atomic E-state index is 12.4. The highest BCUT2D eigenvalue weighted by Crippen LogP contribution is 2.20. The van der Waals surface area contributed by atoms with Crippen molar-refractivity contribution in [2.24, 2.45) is 5.92 Å². The number of carbonyl (C=O) groups excluding carboxylic acids is 2. The number of hydrogen-bond acceptors (Lipinski definition) is 3. The van der Waals surface area contributed by atoms with Gasteiger partial charge in [-0.15, -0.1) is 0 Å². The van der Waals surface area contributed by atoms with E-state index in [-0.39, 0.29) is 17.7 Å². The molecule has 0 unspecified atom stereocenters. The van der Waals surface area contributed by atoms with Crippen LogP contribution in [0.5, 0.6) is 0 Å². The molecule has 1 fully saturated rings. The number of nitriles is 1. The Hall–Kier alpha value is -2.35. The fourth-order valence-electron chi connectivity index (χ4n) is 2.60. The summed E-state index contributed by atoms with van der Waals surface area (Å²) in [4.78, 5) is 27.7. The standard InChI is InChI=1S/C16H19N3O2/c1-18(2)15(20)13-6-8-19(9-7-13)16(21)14-5-3-4-12(10-14)11-17/h3-5,10,13H,6-9H2,1-2H3. The Kier molecular flexibility index (Phi) is 4.59. The third-order valence-corrected chi connectivity index (χ3v) is 3.81. The van der Waals surface area contributed by atoms with E-state index >= 15 is 0 Å². The lowest BCUT2D eigenvalue weighted by Gasteiger charge is -2.32. The van der Waals surface area contributed by atoms with Crippen molar-refractivity contribution in [2.75, 3.05) is 27.2 Å². The van der Waals surface area contributed by atoms with E-state index in [9.17, 15) is 9.59 Å². The molecule has 0 aliphatic carbocycles. The first-order valence-electron chi connectivity index (χ1n) is 7.03. The predicted octanol–water partition coefficient (Wildman–Crippen LogP) is 1.50. The third-order valence-electron chi connectivity index (χ3n) is 3.81. The summed E-state index contributed by atoms with van der Waals surface area (Å²) in [7, 11) is 3.51. The molecule has 110 valence electrons. The molecule has 1 aliphatic heterocycles. The molecule has 5 heteroatoms. The SMILES string of the molecule is CN(C)C(=O)C1CCN(C(=O)c2cccc(C#N)c2)CC1. The van der Waals surface area contributed by atoms with Gasteiger partial charge in [-0.25, -0.2) is 0 Å². The van der Waals surface area contributed by atoms with Crippen LogP contribution in [0.25, 0.3) is 0 Å². The first-order chi connectivity index (χ1) is 10.0. The Bertz CT molecular complexity index is 581. The molecule has 1 heterocycles. The molecule has 5 nitrogen and oxygen atoms in total. The minimum atomic E-state index is -0.0668. The minimum Gasteiger partial charge on any atom is -0.349 e. The van der Waals surface area contributed by atoms with E-state index in [1.807, 2.05) is 6.07 Å². The summed E-state index contributed by atoms with van der Waals surface area (Å²) in [5, 5.41) is 8.88. The fourth-order valence-corrected chi connectivity index (χ4v) is 2.60. The average Bonchev–Trinajstić information content (AvgIpc) is 2.53. The van der Waals surface area contributed by atoms with E-state index in [4.69, 9.17) is 5.26 Å². The zero-order chi connectivity index (χ0) is 15.4. The van der Waals surface area contributed by atoms with E-state index in [1.54, 1.807) is 48.2 Å². The highest BCUT2D eigenvalue weighted by atomic mass is 16.2. The number of rotatable bonds is 2. The Labute approximate surface area is 124 Å². The van der Waals surface area contributed by atoms with Crippen LogP contribution in [0.15, 0.2) is 24.3 Å². The normalized spacial score (nSPS) is 15.4. The zero-order valence-electron chi connectivity index (χ0n) is 12.4. The van der Waals surface area contributed by atoms with Crippen molar-refractivity contribution in [3.63, 3.8) is 0 Å². The van der Waals surface area contributed by atoms with Gasteiger partial charge in [0.25, 0.3) is 5.91 Å². The first-order valence-corrected chi connectivity index (χ1v) is 7.03. The van der Waals surface area contributed by atoms with Crippen LogP contribution in [0.3, 0.4) is 0 Å². The molecule has 0 spiro atoms. The van der Waals surface area contributed by atoms with Gasteiger partial charge in [0.05, 0.1) is 11.6 Å². The molecule has 21 heavy (non-hydrogen) atoms. The van der Waals surface area contributed by atoms with E-state index in [0.29, 0.717) is 37.1 Å². The zero-order valence-corrected chi connectivity index (χ0v) is 12.4. The van der Waals surface area contributed by atoms with Gasteiger partial charge in [-0.3, -0.25) is 9.59 Å². The summed E-state index contributed by atoms with van der Waals surface area (Å²) in [5.74, 6) is 0.0749. The minimum absolute atomic E-state index is 0.00879. The molecule has 0 radical (unpaired) electrons. The van der Waals surface area contributed by atoms with Crippen LogP contribution in [0, 0.1) is 17.2 Å². The molecule has 0 saturated carbocycles. The highest BCUT2D eigenvalue weighted by Gasteiger charge is 2.28. The summed E-state index contributed by atoms with van der Waals surface area (Å²) in [6, 6.07) is 8.77. The molecular weight excluding hydrogens is 266 g/mol. The molecule has 0 bridgehead atoms. The lowest BCUT2D eigenvalue weighted by Crippen LogP contribution is -2.42. The number of carbonyl (C=O) groups is 2. The summed E-state index contributed by atoms with van der Waals surface area (Å²) >= 11 is 0. The van der Waals surface area contributed by atoms with Crippen LogP contribution in [-0.4, -0.2) is 48.8 Å². The number of hydrogen-bond donors (Lipinski definition) is 0. The first kappa shape index (κ1) is 15.0. The van der Waals surface area contributed by atoms with E-state index in [1.165, 1.54) is 0 Å². The van der Waals surface area contributed by atoms with Gasteiger partial charge in [0.1, 0.15) is 0 Å². The van der Waals surface area contributed by atoms with Crippen molar-refractivity contribution < 1.29 is 9.59 Å². The van der Waals surface area contributed by atoms with Crippen LogP contribution in [0.2, 0.25) is 0 Å². The molecule has 1 aromatic rings. The number of piperidine rings is 1. The molecule has 0 aromatic heterocycles. The van der Waals surface area contributed by atoms with Crippen molar-refractivity contribution in [2.45, 2.75) is 12.8 Å². The Morgan fingerprint density at radius 2 is 1.95 bits per heavy atom. The Morgan fingerprint density at radius 3 is 2.52 bits per heavy atom. The van der Waals surface area contributed by atoms with Gasteiger partial charge in [0, 0.05) is 38.7 Å². The fraction of sp³-hybridized carbons (Fsp3) is 0.438. The van der Waals surface area contributed by atoms with Gasteiger partial charge in [-0.2, -0.15) is 5.26 Å². The molecule has 1 saturated heterocycles. The van der Waals surface area contributed by atoms with E-state index < -0.39 is 0 Å². The predicted molar refractivity (Wildman–Crippen MR) is 78.5 cm³/mol. The quantitative estimate of drug-likeness (QED) is 0.827. The monoisotopic (exact) mass is 285 g/mol. The average molecular weight is 285 g/mol. The summed E-state index contributed by atoms with van der Waals surface area (Å²) < 4.78 is 0. The van der Waals surface area contributed by atoms with E-state index in [0.717, 1.165) is 0 Å². The molecule has 2 amide bonds. The summed E-state index contributed by atoms with van der Waals surface area (Å²) in [6.07, 6.45) is 1.39. The third kappa shape index (κ3) is 3.40. The molecule has 1 aromatic carbocycles. The second-order valence-electron chi connectivity index (χ2n) is 5.49. The largest absolute Gasteiger partial charge is 0.349 e. The van der Waals surface area contributed by atoms with Crippen molar-refractivity contribution in [3.8, 4) is 6.07 Å². The van der Waals surface area contributed by atoms with Crippen LogP contribution in [0.1, 0.15) is 28.8 Å². The van der Waals surface area contributed by atoms with Gasteiger partial charge in [-0.1, -0.05) is 6.07 Å². The van der Waals surface area contributed by atoms with E-state index in [2.05, 4.69) is 0 Å². The molecule has 0 N–H and O–H groups in total. The smallest absolute Gasteiger partial charge is 0.253 e. The van der Waals surface area contributed by atoms with Crippen LogP contribution >= 0.6 is 0 Å². The van der Waals surface area contributed by atoms with Crippen molar-refractivity contribution in [1.82, 2.24) is 9.80 Å². The lowest BCUT2D eigenvalue weighted by molar-refractivity contribution is -0.134. The molecule has 2 rings (SSSR count). The van der Waals surface area contributed by atoms with Crippen molar-refractivity contribution >= 4 is 11.8 Å². The summed E-state index contributed by atoms with van der Waals surface area (Å²) in [6.45, 7) is 1.17. The maximum Gasteiger partial charge on any atom is 0.253 e. The Balaban J connectivity index is 2.00.